The number of rotatable bonds is 2. The number of thioether (sulfide) groups is 2. The van der Waals surface area contributed by atoms with E-state index in [-0.39, 0.29) is 18.5 Å². The Morgan fingerprint density at radius 3 is 1.25 bits per heavy atom. The minimum atomic E-state index is -3.79. The minimum absolute atomic E-state index is 0.0107. The summed E-state index contributed by atoms with van der Waals surface area (Å²) in [6, 6.07) is 20.4. The second-order valence-corrected chi connectivity index (χ2v) is 14.8. The molecule has 0 atom stereocenters. The van der Waals surface area contributed by atoms with Crippen LogP contribution in [0.4, 0.5) is 11.4 Å². The third-order valence-electron chi connectivity index (χ3n) is 5.98. The fraction of sp³-hybridized carbons (Fsp3) is 0.0769. The van der Waals surface area contributed by atoms with E-state index in [1.54, 1.807) is 72.8 Å². The van der Waals surface area contributed by atoms with Gasteiger partial charge in [0.05, 0.1) is 21.2 Å². The average molecular weight is 551 g/mol. The topological polar surface area (TPSA) is 93.0 Å². The van der Waals surface area contributed by atoms with E-state index in [2.05, 4.69) is 9.98 Å². The van der Waals surface area contributed by atoms with Crippen molar-refractivity contribution in [3.8, 4) is 0 Å². The van der Waals surface area contributed by atoms with Crippen LogP contribution in [0, 0.1) is 13.8 Å². The number of benzene rings is 4. The van der Waals surface area contributed by atoms with Crippen LogP contribution in [0.15, 0.2) is 102 Å². The largest absolute Gasteiger partial charge is 0.230 e. The molecule has 6 nitrogen and oxygen atoms in total. The highest BCUT2D eigenvalue weighted by atomic mass is 32.3. The van der Waals surface area contributed by atoms with E-state index in [0.717, 1.165) is 55.2 Å². The lowest BCUT2D eigenvalue weighted by Crippen LogP contribution is -2.15. The van der Waals surface area contributed by atoms with Gasteiger partial charge in [-0.15, -0.1) is 0 Å². The maximum absolute atomic E-state index is 13.3. The molecular weight excluding hydrogens is 533 g/mol. The maximum Gasteiger partial charge on any atom is 0.230 e. The lowest BCUT2D eigenvalue weighted by molar-refractivity contribution is 0.606. The summed E-state index contributed by atoms with van der Waals surface area (Å²) in [7, 11) is -7.58. The Morgan fingerprint density at radius 1 is 0.528 bits per heavy atom. The summed E-state index contributed by atoms with van der Waals surface area (Å²) in [4.78, 5) is 10.9. The van der Waals surface area contributed by atoms with Gasteiger partial charge in [-0.1, -0.05) is 58.9 Å². The SMILES string of the molecule is Cc1ccc(S(=O)(=O)C2=Nc3ccc4c5c(ccc(c35)S2)N=C(S(=O)(=O)c2ccc(C)cc2)S4)cc1. The molecule has 10 heteroatoms. The van der Waals surface area contributed by atoms with Gasteiger partial charge in [-0.3, -0.25) is 0 Å². The number of aryl methyl sites for hydroxylation is 2. The standard InChI is InChI=1S/C26H18N2O4S4/c1-15-3-7-17(8-4-15)35(29,30)25-27-19-11-14-22-24-20(12-13-21(33-25)23(19)24)28-26(34-22)36(31,32)18-9-5-16(2)6-10-18/h3-14H,1-2H3. The first-order valence-electron chi connectivity index (χ1n) is 10.9. The Labute approximate surface area is 217 Å². The average Bonchev–Trinajstić information content (AvgIpc) is 2.87. The molecule has 0 fully saturated rings. The summed E-state index contributed by atoms with van der Waals surface area (Å²) in [5.41, 5.74) is 2.99. The zero-order valence-corrected chi connectivity index (χ0v) is 22.4. The number of hydrogen-bond acceptors (Lipinski definition) is 8. The summed E-state index contributed by atoms with van der Waals surface area (Å²) in [5, 5.41) is 1.56. The Kier molecular flexibility index (Phi) is 5.42. The molecule has 0 radical (unpaired) electrons. The first-order chi connectivity index (χ1) is 17.1. The summed E-state index contributed by atoms with van der Waals surface area (Å²) >= 11 is 2.20. The predicted octanol–water partition coefficient (Wildman–Crippen LogP) is 6.59. The van der Waals surface area contributed by atoms with E-state index in [9.17, 15) is 16.8 Å². The van der Waals surface area contributed by atoms with Gasteiger partial charge in [0.25, 0.3) is 0 Å². The zero-order chi connectivity index (χ0) is 25.2. The summed E-state index contributed by atoms with van der Waals surface area (Å²) in [6.07, 6.45) is 0. The number of nitrogens with zero attached hydrogens (tertiary/aromatic N) is 2. The molecule has 2 heterocycles. The maximum atomic E-state index is 13.3. The highest BCUT2D eigenvalue weighted by Crippen LogP contribution is 2.51. The van der Waals surface area contributed by atoms with Crippen LogP contribution in [0.1, 0.15) is 11.1 Å². The Balaban J connectivity index is 1.46. The van der Waals surface area contributed by atoms with Gasteiger partial charge in [-0.25, -0.2) is 26.8 Å². The lowest BCUT2D eigenvalue weighted by Gasteiger charge is -2.22. The first-order valence-corrected chi connectivity index (χ1v) is 15.5. The molecular formula is C26H18N2O4S4. The molecule has 0 saturated carbocycles. The molecule has 0 N–H and O–H groups in total. The van der Waals surface area contributed by atoms with Crippen LogP contribution in [0.25, 0.3) is 10.8 Å². The molecule has 0 bridgehead atoms. The molecule has 4 aromatic rings. The van der Waals surface area contributed by atoms with E-state index >= 15 is 0 Å². The van der Waals surface area contributed by atoms with Gasteiger partial charge in [0.1, 0.15) is 0 Å². The molecule has 180 valence electrons. The van der Waals surface area contributed by atoms with Crippen molar-refractivity contribution in [2.45, 2.75) is 33.4 Å². The summed E-state index contributed by atoms with van der Waals surface area (Å²) < 4.78 is 53.2. The van der Waals surface area contributed by atoms with Crippen molar-refractivity contribution in [1.29, 1.82) is 0 Å². The van der Waals surface area contributed by atoms with Crippen molar-refractivity contribution >= 4 is 74.1 Å². The van der Waals surface area contributed by atoms with Crippen LogP contribution in [0.3, 0.4) is 0 Å². The van der Waals surface area contributed by atoms with Crippen LogP contribution in [-0.4, -0.2) is 25.6 Å². The molecule has 36 heavy (non-hydrogen) atoms. The van der Waals surface area contributed by atoms with Gasteiger partial charge >= 0.3 is 0 Å². The lowest BCUT2D eigenvalue weighted by atomic mass is 10.1. The van der Waals surface area contributed by atoms with E-state index in [0.29, 0.717) is 11.4 Å². The minimum Gasteiger partial charge on any atom is -0.229 e. The van der Waals surface area contributed by atoms with Crippen molar-refractivity contribution in [3.05, 3.63) is 83.9 Å². The Hall–Kier alpha value is -2.92. The van der Waals surface area contributed by atoms with Crippen LogP contribution < -0.4 is 0 Å². The number of hydrogen-bond donors (Lipinski definition) is 0. The molecule has 0 unspecified atom stereocenters. The first kappa shape index (κ1) is 23.5. The smallest absolute Gasteiger partial charge is 0.229 e. The molecule has 0 spiro atoms. The molecule has 0 aromatic heterocycles. The van der Waals surface area contributed by atoms with Gasteiger partial charge < -0.3 is 0 Å². The normalized spacial score (nSPS) is 14.9. The highest BCUT2D eigenvalue weighted by Gasteiger charge is 2.32. The predicted molar refractivity (Wildman–Crippen MR) is 147 cm³/mol. The third kappa shape index (κ3) is 3.71. The quantitative estimate of drug-likeness (QED) is 0.280. The molecule has 0 amide bonds. The Morgan fingerprint density at radius 2 is 0.889 bits per heavy atom. The summed E-state index contributed by atoms with van der Waals surface area (Å²) in [5.74, 6) is 0. The van der Waals surface area contributed by atoms with Gasteiger partial charge in [-0.2, -0.15) is 0 Å². The van der Waals surface area contributed by atoms with Crippen molar-refractivity contribution in [3.63, 3.8) is 0 Å². The fourth-order valence-electron chi connectivity index (χ4n) is 4.05. The van der Waals surface area contributed by atoms with Crippen LogP contribution in [0.2, 0.25) is 0 Å². The van der Waals surface area contributed by atoms with Crippen molar-refractivity contribution in [2.75, 3.05) is 0 Å². The monoisotopic (exact) mass is 550 g/mol. The summed E-state index contributed by atoms with van der Waals surface area (Å²) in [6.45, 7) is 3.80. The molecule has 0 aliphatic carbocycles. The zero-order valence-electron chi connectivity index (χ0n) is 19.1. The van der Waals surface area contributed by atoms with Crippen LogP contribution >= 0.6 is 23.5 Å². The highest BCUT2D eigenvalue weighted by molar-refractivity contribution is 8.36. The molecule has 4 aromatic carbocycles. The molecule has 2 aliphatic heterocycles. The van der Waals surface area contributed by atoms with Crippen molar-refractivity contribution < 1.29 is 16.8 Å². The van der Waals surface area contributed by atoms with Crippen LogP contribution in [-0.2, 0) is 19.7 Å². The van der Waals surface area contributed by atoms with Gasteiger partial charge in [-0.05, 0) is 62.4 Å². The van der Waals surface area contributed by atoms with E-state index in [4.69, 9.17) is 0 Å². The second kappa shape index (κ2) is 8.31. The van der Waals surface area contributed by atoms with Gasteiger partial charge in [0, 0.05) is 20.6 Å². The van der Waals surface area contributed by atoms with Crippen molar-refractivity contribution in [2.24, 2.45) is 9.98 Å². The Bertz CT molecular complexity index is 1720. The van der Waals surface area contributed by atoms with Gasteiger partial charge in [0.15, 0.2) is 8.75 Å². The molecule has 2 aliphatic rings. The van der Waals surface area contributed by atoms with Gasteiger partial charge in [0.2, 0.25) is 19.7 Å². The third-order valence-corrected chi connectivity index (χ3v) is 12.3. The number of aliphatic imine (C=N–C) groups is 2. The van der Waals surface area contributed by atoms with E-state index in [1.165, 1.54) is 0 Å². The van der Waals surface area contributed by atoms with E-state index in [1.807, 2.05) is 13.8 Å². The van der Waals surface area contributed by atoms with E-state index < -0.39 is 19.7 Å². The van der Waals surface area contributed by atoms with Crippen LogP contribution in [0.5, 0.6) is 0 Å². The number of sulfone groups is 2. The molecule has 6 rings (SSSR count). The second-order valence-electron chi connectivity index (χ2n) is 8.51. The molecule has 0 saturated heterocycles. The van der Waals surface area contributed by atoms with Crippen molar-refractivity contribution in [1.82, 2.24) is 0 Å². The fourth-order valence-corrected chi connectivity index (χ4v) is 9.43.